The molecule has 2 aromatic rings. The van der Waals surface area contributed by atoms with E-state index in [9.17, 15) is 4.79 Å². The summed E-state index contributed by atoms with van der Waals surface area (Å²) >= 11 is 1.39. The molecule has 0 saturated heterocycles. The summed E-state index contributed by atoms with van der Waals surface area (Å²) in [5, 5.41) is 17.0. The zero-order valence-corrected chi connectivity index (χ0v) is 11.2. The number of carbonyl (C=O) groups is 1. The van der Waals surface area contributed by atoms with Gasteiger partial charge in [-0.25, -0.2) is 0 Å². The largest absolute Gasteiger partial charge is 0.384 e. The maximum Gasteiger partial charge on any atom is 0.254 e. The van der Waals surface area contributed by atoms with Crippen LogP contribution in [0, 0.1) is 11.8 Å². The molecule has 0 aliphatic carbocycles. The van der Waals surface area contributed by atoms with Gasteiger partial charge >= 0.3 is 0 Å². The van der Waals surface area contributed by atoms with Crippen LogP contribution in [0.3, 0.4) is 0 Å². The third-order valence-corrected chi connectivity index (χ3v) is 3.30. The molecule has 0 atom stereocenters. The van der Waals surface area contributed by atoms with Gasteiger partial charge in [0.15, 0.2) is 0 Å². The Labute approximate surface area is 114 Å². The van der Waals surface area contributed by atoms with E-state index in [2.05, 4.69) is 22.0 Å². The molecule has 5 nitrogen and oxygen atoms in total. The van der Waals surface area contributed by atoms with E-state index in [-0.39, 0.29) is 12.5 Å². The third-order valence-electron chi connectivity index (χ3n) is 2.46. The van der Waals surface area contributed by atoms with E-state index >= 15 is 0 Å². The fourth-order valence-electron chi connectivity index (χ4n) is 1.57. The van der Waals surface area contributed by atoms with Crippen molar-refractivity contribution in [3.05, 3.63) is 39.8 Å². The molecule has 0 unspecified atom stereocenters. The zero-order valence-electron chi connectivity index (χ0n) is 10.4. The lowest BCUT2D eigenvalue weighted by Crippen LogP contribution is -2.25. The van der Waals surface area contributed by atoms with Crippen LogP contribution in [0.1, 0.15) is 20.8 Å². The number of thiophene rings is 1. The fourth-order valence-corrected chi connectivity index (χ4v) is 2.32. The van der Waals surface area contributed by atoms with Crippen LogP contribution >= 0.6 is 11.3 Å². The summed E-state index contributed by atoms with van der Waals surface area (Å²) in [4.78, 5) is 14.6. The Bertz CT molecular complexity index is 607. The van der Waals surface area contributed by atoms with Crippen molar-refractivity contribution in [3.63, 3.8) is 0 Å². The van der Waals surface area contributed by atoms with E-state index < -0.39 is 0 Å². The maximum atomic E-state index is 12.2. The highest BCUT2D eigenvalue weighted by Crippen LogP contribution is 2.16. The van der Waals surface area contributed by atoms with Crippen molar-refractivity contribution < 1.29 is 9.90 Å². The van der Waals surface area contributed by atoms with Crippen molar-refractivity contribution in [1.82, 2.24) is 15.1 Å². The second kappa shape index (κ2) is 6.18. The number of H-pyrrole nitrogens is 1. The zero-order chi connectivity index (χ0) is 13.7. The smallest absolute Gasteiger partial charge is 0.254 e. The van der Waals surface area contributed by atoms with Crippen molar-refractivity contribution in [2.24, 2.45) is 0 Å². The highest BCUT2D eigenvalue weighted by atomic mass is 32.1. The van der Waals surface area contributed by atoms with Gasteiger partial charge in [-0.2, -0.15) is 5.10 Å². The lowest BCUT2D eigenvalue weighted by atomic mass is 10.2. The van der Waals surface area contributed by atoms with Crippen molar-refractivity contribution in [1.29, 1.82) is 0 Å². The molecule has 0 aliphatic rings. The summed E-state index contributed by atoms with van der Waals surface area (Å²) in [6.07, 6.45) is 3.45. The first kappa shape index (κ1) is 13.3. The lowest BCUT2D eigenvalue weighted by molar-refractivity contribution is 0.0785. The third kappa shape index (κ3) is 3.44. The SMILES string of the molecule is CN(Cc1cn[nH]c1)C(=O)c1csc(C#CCO)c1. The quantitative estimate of drug-likeness (QED) is 0.824. The van der Waals surface area contributed by atoms with Gasteiger partial charge in [0.1, 0.15) is 6.61 Å². The van der Waals surface area contributed by atoms with Gasteiger partial charge in [0, 0.05) is 30.7 Å². The van der Waals surface area contributed by atoms with E-state index in [4.69, 9.17) is 5.11 Å². The van der Waals surface area contributed by atoms with Crippen molar-refractivity contribution in [2.75, 3.05) is 13.7 Å². The number of amides is 1. The second-order valence-corrected chi connectivity index (χ2v) is 4.84. The average molecular weight is 275 g/mol. The Hall–Kier alpha value is -2.10. The Balaban J connectivity index is 2.04. The number of nitrogens with zero attached hydrogens (tertiary/aromatic N) is 2. The highest BCUT2D eigenvalue weighted by Gasteiger charge is 2.13. The molecule has 0 saturated carbocycles. The fraction of sp³-hybridized carbons (Fsp3) is 0.231. The first-order valence-electron chi connectivity index (χ1n) is 5.62. The maximum absolute atomic E-state index is 12.2. The summed E-state index contributed by atoms with van der Waals surface area (Å²) < 4.78 is 0. The molecule has 0 fully saturated rings. The molecule has 2 aromatic heterocycles. The number of aliphatic hydroxyl groups excluding tert-OH is 1. The van der Waals surface area contributed by atoms with Crippen LogP contribution in [0.2, 0.25) is 0 Å². The number of nitrogens with one attached hydrogen (secondary N) is 1. The highest BCUT2D eigenvalue weighted by molar-refractivity contribution is 7.10. The Morgan fingerprint density at radius 3 is 3.16 bits per heavy atom. The van der Waals surface area contributed by atoms with Crippen LogP contribution < -0.4 is 0 Å². The van der Waals surface area contributed by atoms with E-state index in [0.29, 0.717) is 12.1 Å². The number of hydrogen-bond donors (Lipinski definition) is 2. The summed E-state index contributed by atoms with van der Waals surface area (Å²) in [7, 11) is 1.74. The van der Waals surface area contributed by atoms with Crippen LogP contribution in [0.15, 0.2) is 23.8 Å². The molecule has 0 spiro atoms. The van der Waals surface area contributed by atoms with Gasteiger partial charge in [0.05, 0.1) is 16.6 Å². The van der Waals surface area contributed by atoms with Crippen molar-refractivity contribution >= 4 is 17.2 Å². The van der Waals surface area contributed by atoms with Gasteiger partial charge in [-0.1, -0.05) is 11.8 Å². The lowest BCUT2D eigenvalue weighted by Gasteiger charge is -2.14. The molecule has 1 amide bonds. The van der Waals surface area contributed by atoms with E-state index in [1.807, 2.05) is 0 Å². The van der Waals surface area contributed by atoms with Crippen molar-refractivity contribution in [2.45, 2.75) is 6.54 Å². The van der Waals surface area contributed by atoms with Gasteiger partial charge < -0.3 is 10.0 Å². The molecular formula is C13H13N3O2S. The minimum absolute atomic E-state index is 0.0606. The minimum Gasteiger partial charge on any atom is -0.384 e. The van der Waals surface area contributed by atoms with E-state index in [1.165, 1.54) is 11.3 Å². The van der Waals surface area contributed by atoms with E-state index in [0.717, 1.165) is 10.4 Å². The molecule has 0 aliphatic heterocycles. The minimum atomic E-state index is -0.179. The molecule has 6 heteroatoms. The van der Waals surface area contributed by atoms with E-state index in [1.54, 1.807) is 35.8 Å². The molecule has 2 rings (SSSR count). The molecule has 0 bridgehead atoms. The first-order valence-corrected chi connectivity index (χ1v) is 6.50. The Morgan fingerprint density at radius 1 is 1.63 bits per heavy atom. The number of aliphatic hydroxyl groups is 1. The summed E-state index contributed by atoms with van der Waals surface area (Å²) in [5.74, 6) is 5.29. The number of hydrogen-bond acceptors (Lipinski definition) is 4. The second-order valence-electron chi connectivity index (χ2n) is 3.93. The predicted molar refractivity (Wildman–Crippen MR) is 72.7 cm³/mol. The predicted octanol–water partition coefficient (Wildman–Crippen LogP) is 1.09. The normalized spacial score (nSPS) is 9.79. The van der Waals surface area contributed by atoms with Crippen LogP contribution in [0.25, 0.3) is 0 Å². The average Bonchev–Trinajstić information content (AvgIpc) is 3.06. The standard InChI is InChI=1S/C13H13N3O2S/c1-16(8-10-6-14-15-7-10)13(18)11-5-12(19-9-11)3-2-4-17/h5-7,9,17H,4,8H2,1H3,(H,14,15). The summed E-state index contributed by atoms with van der Waals surface area (Å²) in [6.45, 7) is 0.324. The monoisotopic (exact) mass is 275 g/mol. The van der Waals surface area contributed by atoms with Gasteiger partial charge in [-0.05, 0) is 6.07 Å². The van der Waals surface area contributed by atoms with Crippen LogP contribution in [0.4, 0.5) is 0 Å². The summed E-state index contributed by atoms with van der Waals surface area (Å²) in [5.41, 5.74) is 1.56. The number of aromatic amines is 1. The van der Waals surface area contributed by atoms with Gasteiger partial charge in [0.25, 0.3) is 5.91 Å². The molecule has 2 heterocycles. The van der Waals surface area contributed by atoms with Crippen LogP contribution in [0.5, 0.6) is 0 Å². The van der Waals surface area contributed by atoms with Crippen molar-refractivity contribution in [3.8, 4) is 11.8 Å². The van der Waals surface area contributed by atoms with Crippen LogP contribution in [-0.2, 0) is 6.54 Å². The molecule has 2 N–H and O–H groups in total. The number of carbonyl (C=O) groups excluding carboxylic acids is 1. The Kier molecular flexibility index (Phi) is 4.34. The Morgan fingerprint density at radius 2 is 2.47 bits per heavy atom. The summed E-state index contributed by atoms with van der Waals surface area (Å²) in [6, 6.07) is 1.74. The topological polar surface area (TPSA) is 69.2 Å². The molecule has 98 valence electrons. The molecule has 0 radical (unpaired) electrons. The molecule has 0 aromatic carbocycles. The first-order chi connectivity index (χ1) is 9.20. The van der Waals surface area contributed by atoms with Gasteiger partial charge in [-0.15, -0.1) is 11.3 Å². The molecule has 19 heavy (non-hydrogen) atoms. The van der Waals surface area contributed by atoms with Gasteiger partial charge in [-0.3, -0.25) is 9.89 Å². The number of rotatable bonds is 3. The van der Waals surface area contributed by atoms with Gasteiger partial charge in [0.2, 0.25) is 0 Å². The number of aromatic nitrogens is 2. The van der Waals surface area contributed by atoms with Crippen LogP contribution in [-0.4, -0.2) is 39.8 Å². The molecular weight excluding hydrogens is 262 g/mol.